The van der Waals surface area contributed by atoms with E-state index in [1.54, 1.807) is 14.2 Å². The smallest absolute Gasteiger partial charge is 0.230 e. The standard InChI is InChI=1S/C18H22N4O4S/c1-25-13-4-3-11(9-14(13)26-2)15(21-7-5-12(23)6-8-21)16-17(24)22-18(27-16)19-10-20-22/h3-4,9-10,12,15,23-24H,5-8H2,1-2H3. The van der Waals surface area contributed by atoms with Gasteiger partial charge in [-0.25, -0.2) is 4.98 Å². The van der Waals surface area contributed by atoms with Crippen LogP contribution in [0, 0.1) is 0 Å². The van der Waals surface area contributed by atoms with Crippen molar-refractivity contribution in [1.82, 2.24) is 19.5 Å². The first-order valence-electron chi connectivity index (χ1n) is 8.77. The number of thiazole rings is 1. The van der Waals surface area contributed by atoms with Crippen molar-refractivity contribution in [2.75, 3.05) is 27.3 Å². The zero-order valence-corrected chi connectivity index (χ0v) is 16.0. The van der Waals surface area contributed by atoms with Crippen LogP contribution < -0.4 is 9.47 Å². The van der Waals surface area contributed by atoms with E-state index in [4.69, 9.17) is 9.47 Å². The minimum absolute atomic E-state index is 0.0957. The van der Waals surface area contributed by atoms with Crippen molar-refractivity contribution in [2.45, 2.75) is 25.0 Å². The Balaban J connectivity index is 1.81. The van der Waals surface area contributed by atoms with E-state index < -0.39 is 0 Å². The Labute approximate surface area is 160 Å². The number of aliphatic hydroxyl groups excluding tert-OH is 1. The number of aromatic hydroxyl groups is 1. The number of hydrogen-bond acceptors (Lipinski definition) is 8. The minimum atomic E-state index is -0.275. The number of aliphatic hydroxyl groups is 1. The number of benzene rings is 1. The Morgan fingerprint density at radius 2 is 1.93 bits per heavy atom. The van der Waals surface area contributed by atoms with Crippen molar-refractivity contribution >= 4 is 16.3 Å². The lowest BCUT2D eigenvalue weighted by molar-refractivity contribution is 0.0689. The van der Waals surface area contributed by atoms with Gasteiger partial charge in [0.1, 0.15) is 6.33 Å². The van der Waals surface area contributed by atoms with Crippen LogP contribution in [-0.4, -0.2) is 63.1 Å². The van der Waals surface area contributed by atoms with Crippen LogP contribution in [0.25, 0.3) is 4.96 Å². The molecule has 0 bridgehead atoms. The predicted octanol–water partition coefficient (Wildman–Crippen LogP) is 2.06. The average Bonchev–Trinajstić information content (AvgIpc) is 3.27. The summed E-state index contributed by atoms with van der Waals surface area (Å²) in [7, 11) is 3.21. The highest BCUT2D eigenvalue weighted by atomic mass is 32.1. The monoisotopic (exact) mass is 390 g/mol. The molecule has 1 fully saturated rings. The zero-order valence-electron chi connectivity index (χ0n) is 15.2. The van der Waals surface area contributed by atoms with E-state index in [-0.39, 0.29) is 18.0 Å². The van der Waals surface area contributed by atoms with Crippen LogP contribution in [0.4, 0.5) is 0 Å². The number of piperidine rings is 1. The van der Waals surface area contributed by atoms with Gasteiger partial charge in [0.05, 0.1) is 31.2 Å². The molecule has 1 aliphatic rings. The van der Waals surface area contributed by atoms with Crippen LogP contribution in [0.5, 0.6) is 17.4 Å². The Morgan fingerprint density at radius 3 is 2.59 bits per heavy atom. The highest BCUT2D eigenvalue weighted by Gasteiger charge is 2.32. The van der Waals surface area contributed by atoms with Crippen molar-refractivity contribution in [2.24, 2.45) is 0 Å². The third-order valence-corrected chi connectivity index (χ3v) is 6.06. The van der Waals surface area contributed by atoms with Gasteiger partial charge < -0.3 is 19.7 Å². The van der Waals surface area contributed by atoms with Gasteiger partial charge in [0, 0.05) is 13.1 Å². The Morgan fingerprint density at radius 1 is 1.19 bits per heavy atom. The van der Waals surface area contributed by atoms with Gasteiger partial charge in [-0.2, -0.15) is 9.61 Å². The topological polar surface area (TPSA) is 92.4 Å². The van der Waals surface area contributed by atoms with Gasteiger partial charge in [-0.15, -0.1) is 0 Å². The molecule has 27 heavy (non-hydrogen) atoms. The highest BCUT2D eigenvalue weighted by molar-refractivity contribution is 7.17. The number of rotatable bonds is 5. The molecule has 9 heteroatoms. The molecule has 0 saturated carbocycles. The molecule has 0 aliphatic carbocycles. The van der Waals surface area contributed by atoms with Crippen LogP contribution in [-0.2, 0) is 0 Å². The largest absolute Gasteiger partial charge is 0.493 e. The Kier molecular flexibility index (Phi) is 4.90. The normalized spacial score (nSPS) is 17.3. The lowest BCUT2D eigenvalue weighted by Gasteiger charge is -2.36. The van der Waals surface area contributed by atoms with E-state index in [9.17, 15) is 10.2 Å². The molecule has 3 heterocycles. The fourth-order valence-electron chi connectivity index (χ4n) is 3.57. The third-order valence-electron chi connectivity index (χ3n) is 4.97. The van der Waals surface area contributed by atoms with Crippen molar-refractivity contribution in [1.29, 1.82) is 0 Å². The lowest BCUT2D eigenvalue weighted by Crippen LogP contribution is -2.38. The molecule has 1 unspecified atom stereocenters. The molecule has 2 aromatic heterocycles. The van der Waals surface area contributed by atoms with Crippen molar-refractivity contribution < 1.29 is 19.7 Å². The SMILES string of the molecule is COc1ccc(C(c2sc3ncnn3c2O)N2CCC(O)CC2)cc1OC. The van der Waals surface area contributed by atoms with E-state index in [1.807, 2.05) is 18.2 Å². The summed E-state index contributed by atoms with van der Waals surface area (Å²) in [5.41, 5.74) is 0.976. The van der Waals surface area contributed by atoms with Crippen LogP contribution in [0.1, 0.15) is 29.3 Å². The van der Waals surface area contributed by atoms with Crippen molar-refractivity contribution in [3.63, 3.8) is 0 Å². The summed E-state index contributed by atoms with van der Waals surface area (Å²) in [5.74, 6) is 1.38. The number of aromatic nitrogens is 3. The molecule has 4 rings (SSSR count). The molecule has 0 radical (unpaired) electrons. The molecular formula is C18H22N4O4S. The molecule has 1 aliphatic heterocycles. The molecule has 144 valence electrons. The second-order valence-electron chi connectivity index (χ2n) is 6.53. The van der Waals surface area contributed by atoms with E-state index in [1.165, 1.54) is 22.2 Å². The van der Waals surface area contributed by atoms with E-state index in [0.717, 1.165) is 23.5 Å². The quantitative estimate of drug-likeness (QED) is 0.689. The first kappa shape index (κ1) is 18.0. The van der Waals surface area contributed by atoms with Crippen molar-refractivity contribution in [3.05, 3.63) is 35.0 Å². The fraction of sp³-hybridized carbons (Fsp3) is 0.444. The van der Waals surface area contributed by atoms with E-state index in [2.05, 4.69) is 15.0 Å². The molecule has 8 nitrogen and oxygen atoms in total. The van der Waals surface area contributed by atoms with Gasteiger partial charge in [0.15, 0.2) is 11.5 Å². The molecule has 0 amide bonds. The average molecular weight is 390 g/mol. The van der Waals surface area contributed by atoms with E-state index in [0.29, 0.717) is 29.3 Å². The van der Waals surface area contributed by atoms with Crippen LogP contribution in [0.2, 0.25) is 0 Å². The molecule has 1 aromatic carbocycles. The van der Waals surface area contributed by atoms with Gasteiger partial charge in [0.2, 0.25) is 10.8 Å². The number of methoxy groups -OCH3 is 2. The number of likely N-dealkylation sites (tertiary alicyclic amines) is 1. The summed E-state index contributed by atoms with van der Waals surface area (Å²) in [6.07, 6.45) is 2.55. The predicted molar refractivity (Wildman–Crippen MR) is 101 cm³/mol. The maximum atomic E-state index is 10.8. The van der Waals surface area contributed by atoms with Gasteiger partial charge in [-0.05, 0) is 30.5 Å². The second-order valence-corrected chi connectivity index (χ2v) is 7.54. The molecule has 3 aromatic rings. The number of ether oxygens (including phenoxy) is 2. The van der Waals surface area contributed by atoms with Crippen molar-refractivity contribution in [3.8, 4) is 17.4 Å². The summed E-state index contributed by atoms with van der Waals surface area (Å²) < 4.78 is 12.3. The first-order chi connectivity index (χ1) is 13.1. The number of hydrogen-bond donors (Lipinski definition) is 2. The summed E-state index contributed by atoms with van der Waals surface area (Å²) >= 11 is 1.41. The van der Waals surface area contributed by atoms with E-state index >= 15 is 0 Å². The van der Waals surface area contributed by atoms with Gasteiger partial charge in [-0.3, -0.25) is 4.90 Å². The maximum absolute atomic E-state index is 10.8. The van der Waals surface area contributed by atoms with Crippen LogP contribution in [0.3, 0.4) is 0 Å². The molecule has 1 atom stereocenters. The summed E-state index contributed by atoms with van der Waals surface area (Å²) in [4.78, 5) is 7.88. The van der Waals surface area contributed by atoms with Crippen LogP contribution >= 0.6 is 11.3 Å². The fourth-order valence-corrected chi connectivity index (χ4v) is 4.66. The maximum Gasteiger partial charge on any atom is 0.230 e. The van der Waals surface area contributed by atoms with Gasteiger partial charge in [-0.1, -0.05) is 17.4 Å². The summed E-state index contributed by atoms with van der Waals surface area (Å²) in [5, 5.41) is 24.8. The minimum Gasteiger partial charge on any atom is -0.493 e. The number of fused-ring (bicyclic) bond motifs is 1. The summed E-state index contributed by atoms with van der Waals surface area (Å²) in [6, 6.07) is 5.59. The van der Waals surface area contributed by atoms with Gasteiger partial charge >= 0.3 is 0 Å². The molecular weight excluding hydrogens is 368 g/mol. The van der Waals surface area contributed by atoms with Crippen LogP contribution in [0.15, 0.2) is 24.5 Å². The Hall–Kier alpha value is -2.36. The Bertz CT molecular complexity index is 933. The number of nitrogens with zero attached hydrogens (tertiary/aromatic N) is 4. The zero-order chi connectivity index (χ0) is 19.0. The van der Waals surface area contributed by atoms with Gasteiger partial charge in [0.25, 0.3) is 0 Å². The second kappa shape index (κ2) is 7.34. The highest BCUT2D eigenvalue weighted by Crippen LogP contribution is 2.42. The molecule has 1 saturated heterocycles. The molecule has 2 N–H and O–H groups in total. The third kappa shape index (κ3) is 3.22. The first-order valence-corrected chi connectivity index (χ1v) is 9.59. The molecule has 0 spiro atoms. The lowest BCUT2D eigenvalue weighted by atomic mass is 9.99. The summed E-state index contributed by atoms with van der Waals surface area (Å²) in [6.45, 7) is 1.46.